The summed E-state index contributed by atoms with van der Waals surface area (Å²) in [5.41, 5.74) is 3.57. The van der Waals surface area contributed by atoms with E-state index in [-0.39, 0.29) is 24.4 Å². The predicted octanol–water partition coefficient (Wildman–Crippen LogP) is 4.40. The van der Waals surface area contributed by atoms with Crippen LogP contribution in [0, 0.1) is 5.82 Å². The zero-order valence-electron chi connectivity index (χ0n) is 15.9. The van der Waals surface area contributed by atoms with E-state index in [1.807, 2.05) is 31.2 Å². The van der Waals surface area contributed by atoms with E-state index in [1.165, 1.54) is 6.07 Å². The molecule has 2 aliphatic heterocycles. The van der Waals surface area contributed by atoms with Crippen molar-refractivity contribution in [2.45, 2.75) is 50.7 Å². The second kappa shape index (κ2) is 6.36. The highest BCUT2D eigenvalue weighted by Gasteiger charge is 2.51. The number of hydrogen-bond donors (Lipinski definition) is 0. The highest BCUT2D eigenvalue weighted by molar-refractivity contribution is 6.39. The smallest absolute Gasteiger partial charge is 0.238 e. The molecule has 0 radical (unpaired) electrons. The average Bonchev–Trinajstić information content (AvgIpc) is 3.41. The number of carbonyl (C=O) groups excluding carboxylic acids is 1. The van der Waals surface area contributed by atoms with Gasteiger partial charge in [0.05, 0.1) is 17.7 Å². The molecule has 2 aromatic carbocycles. The molecule has 1 aliphatic carbocycles. The summed E-state index contributed by atoms with van der Waals surface area (Å²) < 4.78 is 14.9. The van der Waals surface area contributed by atoms with Crippen LogP contribution in [0.1, 0.15) is 49.3 Å². The summed E-state index contributed by atoms with van der Waals surface area (Å²) in [5, 5.41) is 0. The van der Waals surface area contributed by atoms with Gasteiger partial charge >= 0.3 is 0 Å². The summed E-state index contributed by atoms with van der Waals surface area (Å²) >= 11 is 0. The first-order chi connectivity index (χ1) is 13.6. The molecule has 0 aromatic heterocycles. The van der Waals surface area contributed by atoms with Crippen LogP contribution in [0.5, 0.6) is 0 Å². The number of anilines is 1. The Labute approximate surface area is 163 Å². The highest BCUT2D eigenvalue weighted by atomic mass is 19.1. The van der Waals surface area contributed by atoms with Crippen LogP contribution in [0.4, 0.5) is 10.1 Å². The molecule has 0 N–H and O–H groups in total. The molecule has 1 amide bonds. The van der Waals surface area contributed by atoms with Crippen molar-refractivity contribution in [3.63, 3.8) is 0 Å². The number of hydrogen-bond acceptors (Lipinski definition) is 3. The minimum Gasteiger partial charge on any atom is -0.307 e. The van der Waals surface area contributed by atoms with E-state index in [2.05, 4.69) is 16.1 Å². The lowest BCUT2D eigenvalue weighted by Gasteiger charge is -2.23. The van der Waals surface area contributed by atoms with Gasteiger partial charge in [0, 0.05) is 23.0 Å². The van der Waals surface area contributed by atoms with E-state index in [1.54, 1.807) is 17.2 Å². The second-order valence-corrected chi connectivity index (χ2v) is 7.93. The lowest BCUT2D eigenvalue weighted by molar-refractivity contribution is -0.123. The number of halogens is 1. The fourth-order valence-electron chi connectivity index (χ4n) is 4.82. The number of rotatable bonds is 3. The van der Waals surface area contributed by atoms with Gasteiger partial charge in [0.1, 0.15) is 12.0 Å². The van der Waals surface area contributed by atoms with Crippen molar-refractivity contribution in [1.82, 2.24) is 0 Å². The van der Waals surface area contributed by atoms with Gasteiger partial charge < -0.3 is 4.90 Å². The Bertz CT molecular complexity index is 1020. The number of aliphatic imine (C=N–C) groups is 2. The summed E-state index contributed by atoms with van der Waals surface area (Å²) in [7, 11) is 0. The van der Waals surface area contributed by atoms with E-state index in [0.717, 1.165) is 42.5 Å². The Kier molecular flexibility index (Phi) is 3.93. The summed E-state index contributed by atoms with van der Waals surface area (Å²) in [6, 6.07) is 13.1. The molecule has 1 saturated carbocycles. The van der Waals surface area contributed by atoms with E-state index in [0.29, 0.717) is 11.3 Å². The van der Waals surface area contributed by atoms with E-state index in [9.17, 15) is 9.18 Å². The molecule has 5 heteroatoms. The molecule has 2 aromatic rings. The van der Waals surface area contributed by atoms with Gasteiger partial charge in [-0.3, -0.25) is 14.8 Å². The van der Waals surface area contributed by atoms with Crippen LogP contribution >= 0.6 is 0 Å². The van der Waals surface area contributed by atoms with Crippen LogP contribution in [0.25, 0.3) is 0 Å². The van der Waals surface area contributed by atoms with Crippen LogP contribution in [0.3, 0.4) is 0 Å². The fraction of sp³-hybridized carbons (Fsp3) is 0.348. The van der Waals surface area contributed by atoms with Gasteiger partial charge in [-0.2, -0.15) is 0 Å². The standard InChI is InChI=1S/C23H22FN3O/c1-15-25-13-20(26-15)16-8-9-17(19(24)12-16)14-27-21-7-3-2-6-18(21)23(22(27)28)10-4-5-11-23/h2-3,6-9,12-13,15H,4-5,10-11,14H2,1H3. The molecule has 28 heavy (non-hydrogen) atoms. The van der Waals surface area contributed by atoms with Crippen LogP contribution in [0.2, 0.25) is 0 Å². The minimum absolute atomic E-state index is 0.112. The SMILES string of the molecule is CC1N=CC(c2ccc(CN3C(=O)C4(CCCC4)c4ccccc43)c(F)c2)=N1. The first-order valence-electron chi connectivity index (χ1n) is 9.90. The second-order valence-electron chi connectivity index (χ2n) is 7.93. The van der Waals surface area contributed by atoms with Gasteiger partial charge in [0.2, 0.25) is 5.91 Å². The molecular formula is C23H22FN3O. The topological polar surface area (TPSA) is 45.0 Å². The molecule has 3 aliphatic rings. The Morgan fingerprint density at radius 3 is 2.68 bits per heavy atom. The zero-order chi connectivity index (χ0) is 19.3. The van der Waals surface area contributed by atoms with Crippen molar-refractivity contribution in [2.75, 3.05) is 4.90 Å². The third kappa shape index (κ3) is 2.53. The molecule has 1 atom stereocenters. The third-order valence-corrected chi connectivity index (χ3v) is 6.24. The molecule has 2 heterocycles. The van der Waals surface area contributed by atoms with Crippen LogP contribution in [0.15, 0.2) is 52.4 Å². The van der Waals surface area contributed by atoms with E-state index >= 15 is 0 Å². The van der Waals surface area contributed by atoms with Crippen molar-refractivity contribution in [3.05, 3.63) is 65.0 Å². The maximum Gasteiger partial charge on any atom is 0.238 e. The van der Waals surface area contributed by atoms with Gasteiger partial charge in [-0.25, -0.2) is 4.39 Å². The number of benzene rings is 2. The molecule has 1 unspecified atom stereocenters. The Hall–Kier alpha value is -2.82. The summed E-state index contributed by atoms with van der Waals surface area (Å²) in [5.74, 6) is -0.193. The molecule has 5 rings (SSSR count). The third-order valence-electron chi connectivity index (χ3n) is 6.24. The molecule has 1 spiro atoms. The first kappa shape index (κ1) is 17.3. The van der Waals surface area contributed by atoms with Crippen LogP contribution in [-0.2, 0) is 16.8 Å². The lowest BCUT2D eigenvalue weighted by atomic mass is 9.80. The highest BCUT2D eigenvalue weighted by Crippen LogP contribution is 2.51. The summed E-state index contributed by atoms with van der Waals surface area (Å²) in [6.45, 7) is 2.14. The van der Waals surface area contributed by atoms with Crippen molar-refractivity contribution in [1.29, 1.82) is 0 Å². The molecule has 142 valence electrons. The molecular weight excluding hydrogens is 353 g/mol. The first-order valence-corrected chi connectivity index (χ1v) is 9.90. The van der Waals surface area contributed by atoms with Crippen molar-refractivity contribution < 1.29 is 9.18 Å². The lowest BCUT2D eigenvalue weighted by Crippen LogP contribution is -2.38. The molecule has 0 bridgehead atoms. The fourth-order valence-corrected chi connectivity index (χ4v) is 4.82. The quantitative estimate of drug-likeness (QED) is 0.784. The van der Waals surface area contributed by atoms with Gasteiger partial charge in [0.25, 0.3) is 0 Å². The Morgan fingerprint density at radius 1 is 1.18 bits per heavy atom. The zero-order valence-corrected chi connectivity index (χ0v) is 15.9. The maximum absolute atomic E-state index is 14.9. The van der Waals surface area contributed by atoms with Gasteiger partial charge in [-0.15, -0.1) is 0 Å². The molecule has 0 saturated heterocycles. The Morgan fingerprint density at radius 2 is 1.96 bits per heavy atom. The Balaban J connectivity index is 1.47. The number of carbonyl (C=O) groups is 1. The average molecular weight is 375 g/mol. The van der Waals surface area contributed by atoms with Crippen molar-refractivity contribution in [2.24, 2.45) is 9.98 Å². The minimum atomic E-state index is -0.405. The number of para-hydroxylation sites is 1. The van der Waals surface area contributed by atoms with Crippen molar-refractivity contribution in [3.8, 4) is 0 Å². The molecule has 1 fully saturated rings. The van der Waals surface area contributed by atoms with Crippen LogP contribution in [-0.4, -0.2) is 24.0 Å². The van der Waals surface area contributed by atoms with E-state index in [4.69, 9.17) is 0 Å². The number of fused-ring (bicyclic) bond motifs is 2. The molecule has 4 nitrogen and oxygen atoms in total. The summed E-state index contributed by atoms with van der Waals surface area (Å²) in [6.07, 6.45) is 5.48. The van der Waals surface area contributed by atoms with Gasteiger partial charge in [0.15, 0.2) is 0 Å². The predicted molar refractivity (Wildman–Crippen MR) is 109 cm³/mol. The van der Waals surface area contributed by atoms with Crippen molar-refractivity contribution >= 4 is 23.5 Å². The maximum atomic E-state index is 14.9. The summed E-state index contributed by atoms with van der Waals surface area (Å²) in [4.78, 5) is 23.7. The van der Waals surface area contributed by atoms with Crippen LogP contribution < -0.4 is 4.90 Å². The van der Waals surface area contributed by atoms with E-state index < -0.39 is 5.41 Å². The monoisotopic (exact) mass is 375 g/mol. The number of nitrogens with zero attached hydrogens (tertiary/aromatic N) is 3. The van der Waals surface area contributed by atoms with Gasteiger partial charge in [-0.05, 0) is 37.5 Å². The number of amides is 1. The normalized spacial score (nSPS) is 22.2. The van der Waals surface area contributed by atoms with Gasteiger partial charge in [-0.1, -0.05) is 43.2 Å². The largest absolute Gasteiger partial charge is 0.307 e.